The number of benzene rings is 2. The molecule has 1 N–H and O–H groups in total. The molecule has 1 heterocycles. The van der Waals surface area contributed by atoms with Gasteiger partial charge in [-0.25, -0.2) is 0 Å². The van der Waals surface area contributed by atoms with Crippen molar-refractivity contribution in [2.75, 3.05) is 20.6 Å². The summed E-state index contributed by atoms with van der Waals surface area (Å²) in [6.45, 7) is 1.26. The van der Waals surface area contributed by atoms with E-state index in [1.54, 1.807) is 6.20 Å². The molecule has 1 aromatic heterocycles. The number of hydrogen-bond donors (Lipinski definition) is 1. The summed E-state index contributed by atoms with van der Waals surface area (Å²) in [6, 6.07) is 19.9. The predicted octanol–water partition coefficient (Wildman–Crippen LogP) is 2.96. The largest absolute Gasteiger partial charge is 0.350 e. The Bertz CT molecular complexity index is 811. The molecule has 1 amide bonds. The Kier molecular flexibility index (Phi) is 5.81. The molecule has 26 heavy (non-hydrogen) atoms. The smallest absolute Gasteiger partial charge is 0.251 e. The van der Waals surface area contributed by atoms with E-state index in [1.807, 2.05) is 73.5 Å². The van der Waals surface area contributed by atoms with Gasteiger partial charge in [0.1, 0.15) is 0 Å². The van der Waals surface area contributed by atoms with Crippen molar-refractivity contribution in [2.24, 2.45) is 0 Å². The molecule has 5 heteroatoms. The summed E-state index contributed by atoms with van der Waals surface area (Å²) < 4.78 is 1.86. The molecule has 0 fully saturated rings. The maximum Gasteiger partial charge on any atom is 0.251 e. The van der Waals surface area contributed by atoms with E-state index in [-0.39, 0.29) is 11.9 Å². The Morgan fingerprint density at radius 1 is 1.08 bits per heavy atom. The van der Waals surface area contributed by atoms with Crippen LogP contribution in [0.3, 0.4) is 0 Å². The van der Waals surface area contributed by atoms with Crippen LogP contribution < -0.4 is 5.32 Å². The van der Waals surface area contributed by atoms with Crippen LogP contribution in [0.4, 0.5) is 0 Å². The second-order valence-corrected chi connectivity index (χ2v) is 6.50. The fraction of sp³-hybridized carbons (Fsp3) is 0.238. The molecule has 0 spiro atoms. The van der Waals surface area contributed by atoms with Crippen molar-refractivity contribution in [2.45, 2.75) is 12.6 Å². The van der Waals surface area contributed by atoms with E-state index in [9.17, 15) is 4.79 Å². The Morgan fingerprint density at radius 3 is 2.42 bits per heavy atom. The van der Waals surface area contributed by atoms with Crippen molar-refractivity contribution >= 4 is 5.91 Å². The lowest BCUT2D eigenvalue weighted by Gasteiger charge is -2.25. The molecule has 5 nitrogen and oxygen atoms in total. The topological polar surface area (TPSA) is 50.2 Å². The highest BCUT2D eigenvalue weighted by molar-refractivity contribution is 5.94. The van der Waals surface area contributed by atoms with Crippen LogP contribution >= 0.6 is 0 Å². The summed E-state index contributed by atoms with van der Waals surface area (Å²) in [5, 5.41) is 7.24. The van der Waals surface area contributed by atoms with Crippen LogP contribution in [-0.2, 0) is 6.54 Å². The molecular weight excluding hydrogens is 324 g/mol. The molecule has 3 rings (SSSR count). The van der Waals surface area contributed by atoms with Gasteiger partial charge in [0.2, 0.25) is 0 Å². The average molecular weight is 348 g/mol. The normalized spacial score (nSPS) is 12.1. The summed E-state index contributed by atoms with van der Waals surface area (Å²) in [5.74, 6) is -0.0570. The molecule has 1 atom stereocenters. The standard InChI is InChI=1S/C21H24N4O/c1-24(2)20(18-7-4-3-5-8-18)15-22-21(26)19-11-9-17(10-12-19)16-25-14-6-13-23-25/h3-14,20H,15-16H2,1-2H3,(H,22,26)/t20-/m1/s1. The van der Waals surface area contributed by atoms with Gasteiger partial charge in [0.15, 0.2) is 0 Å². The lowest BCUT2D eigenvalue weighted by Crippen LogP contribution is -2.34. The molecule has 0 bridgehead atoms. The molecule has 0 unspecified atom stereocenters. The van der Waals surface area contributed by atoms with E-state index in [1.165, 1.54) is 5.56 Å². The summed E-state index contributed by atoms with van der Waals surface area (Å²) in [4.78, 5) is 14.6. The minimum atomic E-state index is -0.0570. The van der Waals surface area contributed by atoms with E-state index in [0.29, 0.717) is 18.7 Å². The van der Waals surface area contributed by atoms with Gasteiger partial charge in [-0.3, -0.25) is 9.48 Å². The Hall–Kier alpha value is -2.92. The number of aromatic nitrogens is 2. The van der Waals surface area contributed by atoms with Gasteiger partial charge in [0.25, 0.3) is 5.91 Å². The van der Waals surface area contributed by atoms with Crippen LogP contribution in [0.5, 0.6) is 0 Å². The van der Waals surface area contributed by atoms with Gasteiger partial charge in [0.05, 0.1) is 12.6 Å². The molecule has 3 aromatic rings. The maximum atomic E-state index is 12.5. The summed E-state index contributed by atoms with van der Waals surface area (Å²) in [5.41, 5.74) is 2.97. The third kappa shape index (κ3) is 4.58. The lowest BCUT2D eigenvalue weighted by atomic mass is 10.1. The second-order valence-electron chi connectivity index (χ2n) is 6.50. The van der Waals surface area contributed by atoms with Crippen LogP contribution in [0.1, 0.15) is 27.5 Å². The number of carbonyl (C=O) groups excluding carboxylic acids is 1. The SMILES string of the molecule is CN(C)[C@H](CNC(=O)c1ccc(Cn2cccn2)cc1)c1ccccc1. The van der Waals surface area contributed by atoms with Gasteiger partial charge in [0, 0.05) is 24.5 Å². The fourth-order valence-corrected chi connectivity index (χ4v) is 2.91. The molecule has 0 radical (unpaired) electrons. The monoisotopic (exact) mass is 348 g/mol. The van der Waals surface area contributed by atoms with Gasteiger partial charge in [-0.15, -0.1) is 0 Å². The van der Waals surface area contributed by atoms with Gasteiger partial charge >= 0.3 is 0 Å². The Labute approximate surface area is 154 Å². The molecule has 0 aliphatic heterocycles. The zero-order chi connectivity index (χ0) is 18.4. The van der Waals surface area contributed by atoms with Gasteiger partial charge in [-0.2, -0.15) is 5.10 Å². The number of rotatable bonds is 7. The second kappa shape index (κ2) is 8.45. The van der Waals surface area contributed by atoms with Gasteiger partial charge in [-0.05, 0) is 43.4 Å². The number of nitrogens with one attached hydrogen (secondary N) is 1. The van der Waals surface area contributed by atoms with E-state index >= 15 is 0 Å². The summed E-state index contributed by atoms with van der Waals surface area (Å²) in [7, 11) is 4.04. The highest BCUT2D eigenvalue weighted by Gasteiger charge is 2.15. The Morgan fingerprint density at radius 2 is 1.81 bits per heavy atom. The van der Waals surface area contributed by atoms with E-state index in [0.717, 1.165) is 5.56 Å². The van der Waals surface area contributed by atoms with Crippen molar-refractivity contribution in [3.63, 3.8) is 0 Å². The van der Waals surface area contributed by atoms with Crippen LogP contribution in [-0.4, -0.2) is 41.2 Å². The highest BCUT2D eigenvalue weighted by atomic mass is 16.1. The van der Waals surface area contributed by atoms with E-state index in [4.69, 9.17) is 0 Å². The first kappa shape index (κ1) is 17.9. The number of hydrogen-bond acceptors (Lipinski definition) is 3. The minimum Gasteiger partial charge on any atom is -0.350 e. The molecule has 0 aliphatic rings. The van der Waals surface area contributed by atoms with E-state index < -0.39 is 0 Å². The van der Waals surface area contributed by atoms with Crippen molar-refractivity contribution in [3.05, 3.63) is 89.7 Å². The third-order valence-corrected chi connectivity index (χ3v) is 4.38. The molecule has 134 valence electrons. The summed E-state index contributed by atoms with van der Waals surface area (Å²) >= 11 is 0. The predicted molar refractivity (Wildman–Crippen MR) is 103 cm³/mol. The zero-order valence-corrected chi connectivity index (χ0v) is 15.2. The van der Waals surface area contributed by atoms with Gasteiger partial charge < -0.3 is 10.2 Å². The van der Waals surface area contributed by atoms with Crippen LogP contribution in [0.15, 0.2) is 73.1 Å². The number of carbonyl (C=O) groups is 1. The third-order valence-electron chi connectivity index (χ3n) is 4.38. The van der Waals surface area contributed by atoms with Crippen molar-refractivity contribution in [3.8, 4) is 0 Å². The van der Waals surface area contributed by atoms with E-state index in [2.05, 4.69) is 27.4 Å². The molecule has 0 saturated heterocycles. The quantitative estimate of drug-likeness (QED) is 0.714. The number of nitrogens with zero attached hydrogens (tertiary/aromatic N) is 3. The maximum absolute atomic E-state index is 12.5. The minimum absolute atomic E-state index is 0.0570. The zero-order valence-electron chi connectivity index (χ0n) is 15.2. The lowest BCUT2D eigenvalue weighted by molar-refractivity contribution is 0.0942. The number of likely N-dealkylation sites (N-methyl/N-ethyl adjacent to an activating group) is 1. The number of amides is 1. The summed E-state index contributed by atoms with van der Waals surface area (Å²) in [6.07, 6.45) is 3.68. The first-order valence-electron chi connectivity index (χ1n) is 8.69. The molecule has 2 aromatic carbocycles. The first-order chi connectivity index (χ1) is 12.6. The fourth-order valence-electron chi connectivity index (χ4n) is 2.91. The average Bonchev–Trinajstić information content (AvgIpc) is 3.16. The van der Waals surface area contributed by atoms with Crippen molar-refractivity contribution in [1.82, 2.24) is 20.0 Å². The van der Waals surface area contributed by atoms with Crippen LogP contribution in [0, 0.1) is 0 Å². The van der Waals surface area contributed by atoms with Crippen LogP contribution in [0.25, 0.3) is 0 Å². The first-order valence-corrected chi connectivity index (χ1v) is 8.69. The van der Waals surface area contributed by atoms with Crippen molar-refractivity contribution < 1.29 is 4.79 Å². The van der Waals surface area contributed by atoms with Gasteiger partial charge in [-0.1, -0.05) is 42.5 Å². The van der Waals surface area contributed by atoms with Crippen molar-refractivity contribution in [1.29, 1.82) is 0 Å². The molecule has 0 saturated carbocycles. The van der Waals surface area contributed by atoms with Crippen LogP contribution in [0.2, 0.25) is 0 Å². The Balaban J connectivity index is 1.60. The molecule has 0 aliphatic carbocycles. The highest BCUT2D eigenvalue weighted by Crippen LogP contribution is 2.17. The molecular formula is C21H24N4O.